The van der Waals surface area contributed by atoms with E-state index < -0.39 is 0 Å². The van der Waals surface area contributed by atoms with E-state index in [1.165, 1.54) is 5.56 Å². The summed E-state index contributed by atoms with van der Waals surface area (Å²) in [7, 11) is 0. The van der Waals surface area contributed by atoms with Gasteiger partial charge in [-0.3, -0.25) is 4.79 Å². The number of hydrogen-bond acceptors (Lipinski definition) is 2. The molecule has 1 aromatic carbocycles. The van der Waals surface area contributed by atoms with Crippen molar-refractivity contribution in [2.24, 2.45) is 5.92 Å². The molecule has 0 bridgehead atoms. The average Bonchev–Trinajstić information content (AvgIpc) is 2.22. The first-order chi connectivity index (χ1) is 7.97. The van der Waals surface area contributed by atoms with Crippen molar-refractivity contribution < 1.29 is 4.79 Å². The zero-order valence-electron chi connectivity index (χ0n) is 10.9. The SMILES string of the molecule is CC(C)(C)c1ccc(C(=O)CC2CNC2)cc1. The Hall–Kier alpha value is -1.15. The second-order valence-corrected chi connectivity index (χ2v) is 5.98. The van der Waals surface area contributed by atoms with E-state index in [0.717, 1.165) is 18.7 Å². The van der Waals surface area contributed by atoms with Crippen molar-refractivity contribution >= 4 is 5.78 Å². The van der Waals surface area contributed by atoms with Gasteiger partial charge in [-0.1, -0.05) is 45.0 Å². The topological polar surface area (TPSA) is 29.1 Å². The fourth-order valence-corrected chi connectivity index (χ4v) is 2.03. The molecule has 0 amide bonds. The number of nitrogens with one attached hydrogen (secondary N) is 1. The van der Waals surface area contributed by atoms with E-state index in [9.17, 15) is 4.79 Å². The van der Waals surface area contributed by atoms with Crippen molar-refractivity contribution in [1.29, 1.82) is 0 Å². The highest BCUT2D eigenvalue weighted by molar-refractivity contribution is 5.96. The van der Waals surface area contributed by atoms with Gasteiger partial charge in [-0.25, -0.2) is 0 Å². The highest BCUT2D eigenvalue weighted by Crippen LogP contribution is 2.23. The van der Waals surface area contributed by atoms with Gasteiger partial charge in [-0.15, -0.1) is 0 Å². The van der Waals surface area contributed by atoms with Gasteiger partial charge in [-0.05, 0) is 30.0 Å². The summed E-state index contributed by atoms with van der Waals surface area (Å²) in [4.78, 5) is 12.0. The molecule has 92 valence electrons. The molecule has 1 aliphatic heterocycles. The van der Waals surface area contributed by atoms with Gasteiger partial charge < -0.3 is 5.32 Å². The fourth-order valence-electron chi connectivity index (χ4n) is 2.03. The second kappa shape index (κ2) is 4.61. The predicted octanol–water partition coefficient (Wildman–Crippen LogP) is 2.78. The van der Waals surface area contributed by atoms with Crippen LogP contribution in [0.25, 0.3) is 0 Å². The van der Waals surface area contributed by atoms with Crippen LogP contribution in [0.4, 0.5) is 0 Å². The average molecular weight is 231 g/mol. The highest BCUT2D eigenvalue weighted by Gasteiger charge is 2.21. The molecule has 1 aromatic rings. The smallest absolute Gasteiger partial charge is 0.163 e. The minimum absolute atomic E-state index is 0.152. The molecule has 1 fully saturated rings. The van der Waals surface area contributed by atoms with Crippen LogP contribution in [-0.2, 0) is 5.41 Å². The van der Waals surface area contributed by atoms with Crippen LogP contribution in [-0.4, -0.2) is 18.9 Å². The Labute approximate surface area is 103 Å². The molecule has 1 N–H and O–H groups in total. The van der Waals surface area contributed by atoms with Gasteiger partial charge in [0.15, 0.2) is 5.78 Å². The molecule has 0 atom stereocenters. The molecule has 17 heavy (non-hydrogen) atoms. The number of hydrogen-bond donors (Lipinski definition) is 1. The van der Waals surface area contributed by atoms with E-state index in [-0.39, 0.29) is 11.2 Å². The molecule has 0 radical (unpaired) electrons. The van der Waals surface area contributed by atoms with Crippen molar-refractivity contribution in [1.82, 2.24) is 5.32 Å². The number of ketones is 1. The first-order valence-corrected chi connectivity index (χ1v) is 6.31. The Morgan fingerprint density at radius 2 is 1.82 bits per heavy atom. The zero-order valence-corrected chi connectivity index (χ0v) is 10.9. The van der Waals surface area contributed by atoms with Crippen molar-refractivity contribution in [2.75, 3.05) is 13.1 Å². The quantitative estimate of drug-likeness (QED) is 0.810. The van der Waals surface area contributed by atoms with Crippen LogP contribution in [0.3, 0.4) is 0 Å². The summed E-state index contributed by atoms with van der Waals surface area (Å²) in [5.74, 6) is 0.821. The van der Waals surface area contributed by atoms with Gasteiger partial charge in [0, 0.05) is 12.0 Å². The number of carbonyl (C=O) groups is 1. The monoisotopic (exact) mass is 231 g/mol. The van der Waals surface area contributed by atoms with Crippen LogP contribution in [0.5, 0.6) is 0 Å². The summed E-state index contributed by atoms with van der Waals surface area (Å²) in [5, 5.41) is 3.19. The molecular formula is C15H21NO. The van der Waals surface area contributed by atoms with Gasteiger partial charge in [0.2, 0.25) is 0 Å². The van der Waals surface area contributed by atoms with Gasteiger partial charge in [-0.2, -0.15) is 0 Å². The molecular weight excluding hydrogens is 210 g/mol. The number of rotatable bonds is 3. The third-order valence-corrected chi connectivity index (χ3v) is 3.41. The molecule has 0 spiro atoms. The fraction of sp³-hybridized carbons (Fsp3) is 0.533. The summed E-state index contributed by atoms with van der Waals surface area (Å²) in [5.41, 5.74) is 2.28. The maximum Gasteiger partial charge on any atom is 0.163 e. The molecule has 2 rings (SSSR count). The molecule has 0 saturated carbocycles. The largest absolute Gasteiger partial charge is 0.316 e. The van der Waals surface area contributed by atoms with Gasteiger partial charge in [0.25, 0.3) is 0 Å². The van der Waals surface area contributed by atoms with E-state index in [4.69, 9.17) is 0 Å². The maximum atomic E-state index is 12.0. The minimum Gasteiger partial charge on any atom is -0.316 e. The lowest BCUT2D eigenvalue weighted by atomic mass is 9.86. The van der Waals surface area contributed by atoms with E-state index in [1.807, 2.05) is 12.1 Å². The third kappa shape index (κ3) is 2.95. The van der Waals surface area contributed by atoms with E-state index in [0.29, 0.717) is 12.3 Å². The van der Waals surface area contributed by atoms with E-state index >= 15 is 0 Å². The summed E-state index contributed by atoms with van der Waals surface area (Å²) < 4.78 is 0. The van der Waals surface area contributed by atoms with Gasteiger partial charge in [0.1, 0.15) is 0 Å². The molecule has 1 aliphatic rings. The Morgan fingerprint density at radius 3 is 2.24 bits per heavy atom. The van der Waals surface area contributed by atoms with Gasteiger partial charge in [0.05, 0.1) is 0 Å². The Morgan fingerprint density at radius 1 is 1.24 bits per heavy atom. The molecule has 2 nitrogen and oxygen atoms in total. The van der Waals surface area contributed by atoms with Crippen LogP contribution in [0, 0.1) is 5.92 Å². The minimum atomic E-state index is 0.152. The maximum absolute atomic E-state index is 12.0. The predicted molar refractivity (Wildman–Crippen MR) is 70.4 cm³/mol. The normalized spacial score (nSPS) is 16.6. The van der Waals surface area contributed by atoms with Crippen LogP contribution < -0.4 is 5.32 Å². The van der Waals surface area contributed by atoms with Crippen LogP contribution in [0.2, 0.25) is 0 Å². The molecule has 2 heteroatoms. The Bertz CT molecular complexity index is 396. The van der Waals surface area contributed by atoms with Crippen molar-refractivity contribution in [3.63, 3.8) is 0 Å². The number of Topliss-reactive ketones (excluding diaryl/α,β-unsaturated/α-hetero) is 1. The summed E-state index contributed by atoms with van der Waals surface area (Å²) in [6.07, 6.45) is 0.682. The van der Waals surface area contributed by atoms with Crippen LogP contribution in [0.15, 0.2) is 24.3 Å². The lowest BCUT2D eigenvalue weighted by molar-refractivity contribution is 0.0945. The number of benzene rings is 1. The lowest BCUT2D eigenvalue weighted by Gasteiger charge is -2.26. The van der Waals surface area contributed by atoms with Crippen molar-refractivity contribution in [2.45, 2.75) is 32.6 Å². The van der Waals surface area contributed by atoms with Crippen LogP contribution >= 0.6 is 0 Å². The zero-order chi connectivity index (χ0) is 12.5. The first kappa shape index (κ1) is 12.3. The van der Waals surface area contributed by atoms with Crippen molar-refractivity contribution in [3.8, 4) is 0 Å². The molecule has 0 unspecified atom stereocenters. The molecule has 1 heterocycles. The van der Waals surface area contributed by atoms with E-state index in [1.54, 1.807) is 0 Å². The Balaban J connectivity index is 2.04. The third-order valence-electron chi connectivity index (χ3n) is 3.41. The van der Waals surface area contributed by atoms with Crippen LogP contribution in [0.1, 0.15) is 43.1 Å². The van der Waals surface area contributed by atoms with Crippen molar-refractivity contribution in [3.05, 3.63) is 35.4 Å². The van der Waals surface area contributed by atoms with E-state index in [2.05, 4.69) is 38.2 Å². The summed E-state index contributed by atoms with van der Waals surface area (Å²) in [6, 6.07) is 8.09. The lowest BCUT2D eigenvalue weighted by Crippen LogP contribution is -2.42. The first-order valence-electron chi connectivity index (χ1n) is 6.31. The summed E-state index contributed by atoms with van der Waals surface area (Å²) in [6.45, 7) is 8.54. The number of carbonyl (C=O) groups excluding carboxylic acids is 1. The molecule has 0 aliphatic carbocycles. The second-order valence-electron chi connectivity index (χ2n) is 5.98. The Kier molecular flexibility index (Phi) is 3.34. The summed E-state index contributed by atoms with van der Waals surface area (Å²) >= 11 is 0. The highest BCUT2D eigenvalue weighted by atomic mass is 16.1. The standard InChI is InChI=1S/C15H21NO/c1-15(2,3)13-6-4-12(5-7-13)14(17)8-11-9-16-10-11/h4-7,11,16H,8-10H2,1-3H3. The molecule has 0 aromatic heterocycles. The molecule has 1 saturated heterocycles. The van der Waals surface area contributed by atoms with Gasteiger partial charge >= 0.3 is 0 Å².